The second kappa shape index (κ2) is 12.6. The van der Waals surface area contributed by atoms with Crippen LogP contribution in [0.5, 0.6) is 0 Å². The first-order chi connectivity index (χ1) is 25.7. The van der Waals surface area contributed by atoms with Crippen LogP contribution < -0.4 is 0 Å². The fraction of sp³-hybridized carbons (Fsp3) is 0.146. The van der Waals surface area contributed by atoms with Gasteiger partial charge in [-0.1, -0.05) is 146 Å². The zero-order chi connectivity index (χ0) is 34.5. The van der Waals surface area contributed by atoms with Gasteiger partial charge in [-0.15, -0.1) is 0 Å². The van der Waals surface area contributed by atoms with Crippen molar-refractivity contribution >= 4 is 11.4 Å². The quantitative estimate of drug-likeness (QED) is 0.184. The Kier molecular flexibility index (Phi) is 7.42. The molecule has 0 atom stereocenters. The Morgan fingerprint density at radius 2 is 0.962 bits per heavy atom. The zero-order valence-electron chi connectivity index (χ0n) is 29.0. The van der Waals surface area contributed by atoms with E-state index >= 15 is 0 Å². The Hall–Kier alpha value is -6.13. The van der Waals surface area contributed by atoms with Crippen molar-refractivity contribution in [2.24, 2.45) is 9.98 Å². The largest absolute Gasteiger partial charge is 0.275 e. The summed E-state index contributed by atoms with van der Waals surface area (Å²) in [7, 11) is 0. The normalized spacial score (nSPS) is 15.6. The minimum Gasteiger partial charge on any atom is -0.275 e. The molecule has 4 bridgehead atoms. The molecule has 10 rings (SSSR count). The molecule has 52 heavy (non-hydrogen) atoms. The second-order valence-electron chi connectivity index (χ2n) is 14.2. The number of hydrogen-bond acceptors (Lipinski definition) is 3. The number of imidazole rings is 1. The van der Waals surface area contributed by atoms with Gasteiger partial charge in [-0.2, -0.15) is 0 Å². The van der Waals surface area contributed by atoms with Crippen molar-refractivity contribution in [3.8, 4) is 33.9 Å². The van der Waals surface area contributed by atoms with Crippen molar-refractivity contribution in [1.29, 1.82) is 0 Å². The minimum absolute atomic E-state index is 0.890. The predicted molar refractivity (Wildman–Crippen MR) is 212 cm³/mol. The van der Waals surface area contributed by atoms with E-state index in [4.69, 9.17) is 15.0 Å². The third-order valence-corrected chi connectivity index (χ3v) is 10.9. The van der Waals surface area contributed by atoms with Gasteiger partial charge in [0.1, 0.15) is 5.82 Å². The Morgan fingerprint density at radius 3 is 1.58 bits per heavy atom. The molecular weight excluding hydrogens is 633 g/mol. The summed E-state index contributed by atoms with van der Waals surface area (Å²) in [5.41, 5.74) is 15.6. The van der Waals surface area contributed by atoms with E-state index in [1.165, 1.54) is 27.8 Å². The molecule has 4 heteroatoms. The Labute approximate surface area is 304 Å². The summed E-state index contributed by atoms with van der Waals surface area (Å²) in [4.78, 5) is 17.7. The van der Waals surface area contributed by atoms with Gasteiger partial charge >= 0.3 is 0 Å². The maximum absolute atomic E-state index is 5.98. The molecule has 6 aromatic carbocycles. The van der Waals surface area contributed by atoms with Crippen LogP contribution in [0.1, 0.15) is 51.8 Å². The van der Waals surface area contributed by atoms with Crippen LogP contribution in [-0.2, 0) is 31.5 Å². The van der Waals surface area contributed by atoms with E-state index in [2.05, 4.69) is 162 Å². The van der Waals surface area contributed by atoms with E-state index in [1.807, 2.05) is 0 Å². The average molecular weight is 671 g/mol. The van der Waals surface area contributed by atoms with Crippen molar-refractivity contribution < 1.29 is 0 Å². The summed E-state index contributed by atoms with van der Waals surface area (Å²) in [5.74, 6) is -0.269. The van der Waals surface area contributed by atoms with Crippen LogP contribution in [0.4, 0.5) is 0 Å². The summed E-state index contributed by atoms with van der Waals surface area (Å²) < 4.78 is 2.42. The smallest absolute Gasteiger partial charge is 0.261 e. The third-order valence-electron chi connectivity index (χ3n) is 10.9. The number of benzene rings is 6. The highest BCUT2D eigenvalue weighted by Gasteiger charge is 2.46. The van der Waals surface area contributed by atoms with Gasteiger partial charge in [0.25, 0.3) is 5.79 Å². The van der Waals surface area contributed by atoms with Gasteiger partial charge in [0.05, 0.1) is 22.8 Å². The molecule has 3 aliphatic heterocycles. The SMILES string of the molecule is c1ccc(C2=NC3(N=C2c2ccccc2)c2cc4ccc2CCCc2ccc(cc2-c2nc(-c5ccccc5)c(-c5ccccc5)n23)CCC4)cc1. The summed E-state index contributed by atoms with van der Waals surface area (Å²) in [6, 6.07) is 56.8. The van der Waals surface area contributed by atoms with Crippen LogP contribution in [0.15, 0.2) is 168 Å². The van der Waals surface area contributed by atoms with Gasteiger partial charge in [-0.3, -0.25) is 4.57 Å². The van der Waals surface area contributed by atoms with Crippen molar-refractivity contribution in [3.63, 3.8) is 0 Å². The molecule has 4 heterocycles. The maximum Gasteiger partial charge on any atom is 0.261 e. The van der Waals surface area contributed by atoms with Gasteiger partial charge in [-0.25, -0.2) is 15.0 Å². The van der Waals surface area contributed by atoms with Gasteiger partial charge in [0, 0.05) is 33.4 Å². The number of aryl methyl sites for hydroxylation is 4. The standard InChI is InChI=1S/C48H38N4/c1-5-17-37(18-6-1)43-44(38-19-7-2-8-20-38)51-48(50-43)42-32-34-16-13-15-33-27-29-35(25-14-26-36(42)30-28-34)41(31-33)47-49-45(39-21-9-3-10-22-39)46(52(47)48)40-23-11-4-12-24-40/h1-12,17-24,27-32H,13-16,25-26H2. The van der Waals surface area contributed by atoms with E-state index in [9.17, 15) is 0 Å². The number of hydrogen-bond donors (Lipinski definition) is 0. The van der Waals surface area contributed by atoms with Crippen LogP contribution in [0, 0.1) is 0 Å². The van der Waals surface area contributed by atoms with Crippen LogP contribution >= 0.6 is 0 Å². The fourth-order valence-electron chi connectivity index (χ4n) is 8.42. The lowest BCUT2D eigenvalue weighted by Crippen LogP contribution is -2.33. The molecule has 7 aromatic rings. The van der Waals surface area contributed by atoms with Gasteiger partial charge in [0.2, 0.25) is 0 Å². The highest BCUT2D eigenvalue weighted by molar-refractivity contribution is 6.54. The molecule has 0 N–H and O–H groups in total. The summed E-state index contributed by atoms with van der Waals surface area (Å²) >= 11 is 0. The molecule has 0 aliphatic carbocycles. The summed E-state index contributed by atoms with van der Waals surface area (Å²) in [6.45, 7) is 0. The lowest BCUT2D eigenvalue weighted by Gasteiger charge is -2.33. The van der Waals surface area contributed by atoms with Crippen LogP contribution in [0.3, 0.4) is 0 Å². The second-order valence-corrected chi connectivity index (χ2v) is 14.2. The number of nitrogens with zero attached hydrogens (tertiary/aromatic N) is 4. The lowest BCUT2D eigenvalue weighted by atomic mass is 9.88. The van der Waals surface area contributed by atoms with E-state index < -0.39 is 5.79 Å². The molecule has 3 aliphatic rings. The molecule has 1 spiro atoms. The monoisotopic (exact) mass is 670 g/mol. The number of aromatic nitrogens is 2. The first kappa shape index (κ1) is 30.7. The molecule has 250 valence electrons. The van der Waals surface area contributed by atoms with E-state index in [0.717, 1.165) is 95.0 Å². The molecule has 4 nitrogen and oxygen atoms in total. The van der Waals surface area contributed by atoms with E-state index in [-0.39, 0.29) is 0 Å². The first-order valence-electron chi connectivity index (χ1n) is 18.5. The molecule has 0 unspecified atom stereocenters. The Morgan fingerprint density at radius 1 is 0.462 bits per heavy atom. The number of fused-ring (bicyclic) bond motifs is 2. The van der Waals surface area contributed by atoms with Crippen LogP contribution in [0.25, 0.3) is 33.9 Å². The highest BCUT2D eigenvalue weighted by Crippen LogP contribution is 2.49. The molecule has 0 amide bonds. The zero-order valence-corrected chi connectivity index (χ0v) is 29.0. The first-order valence-corrected chi connectivity index (χ1v) is 18.5. The third kappa shape index (κ3) is 5.09. The van der Waals surface area contributed by atoms with Crippen molar-refractivity contribution in [1.82, 2.24) is 9.55 Å². The van der Waals surface area contributed by atoms with Crippen LogP contribution in [-0.4, -0.2) is 21.0 Å². The van der Waals surface area contributed by atoms with Gasteiger partial charge in [0.15, 0.2) is 0 Å². The summed E-state index contributed by atoms with van der Waals surface area (Å²) in [6.07, 6.45) is 6.00. The average Bonchev–Trinajstić information content (AvgIpc) is 3.81. The topological polar surface area (TPSA) is 42.5 Å². The Balaban J connectivity index is 1.44. The molecule has 0 radical (unpaired) electrons. The molecule has 0 saturated carbocycles. The lowest BCUT2D eigenvalue weighted by molar-refractivity contribution is 0.403. The molecule has 0 fully saturated rings. The number of aliphatic imine (C=N–C) groups is 2. The minimum atomic E-state index is -1.17. The van der Waals surface area contributed by atoms with Crippen LogP contribution in [0.2, 0.25) is 0 Å². The molecule has 0 saturated heterocycles. The molecular formula is C48H38N4. The number of rotatable bonds is 4. The van der Waals surface area contributed by atoms with Crippen molar-refractivity contribution in [3.05, 3.63) is 197 Å². The molecule has 1 aromatic heterocycles. The van der Waals surface area contributed by atoms with Crippen molar-refractivity contribution in [2.75, 3.05) is 0 Å². The predicted octanol–water partition coefficient (Wildman–Crippen LogP) is 10.5. The van der Waals surface area contributed by atoms with Gasteiger partial charge < -0.3 is 0 Å². The Bertz CT molecular complexity index is 2440. The van der Waals surface area contributed by atoms with E-state index in [0.29, 0.717) is 0 Å². The summed E-state index contributed by atoms with van der Waals surface area (Å²) in [5, 5.41) is 0. The van der Waals surface area contributed by atoms with Crippen molar-refractivity contribution in [2.45, 2.75) is 44.3 Å². The maximum atomic E-state index is 5.98. The fourth-order valence-corrected chi connectivity index (χ4v) is 8.42. The van der Waals surface area contributed by atoms with Gasteiger partial charge in [-0.05, 0) is 72.9 Å². The highest BCUT2D eigenvalue weighted by atomic mass is 15.4. The van der Waals surface area contributed by atoms with E-state index in [1.54, 1.807) is 0 Å².